The van der Waals surface area contributed by atoms with Crippen molar-refractivity contribution in [2.75, 3.05) is 5.32 Å². The summed E-state index contributed by atoms with van der Waals surface area (Å²) in [7, 11) is 0. The highest BCUT2D eigenvalue weighted by Gasteiger charge is 2.16. The molecule has 1 aliphatic rings. The summed E-state index contributed by atoms with van der Waals surface area (Å²) >= 11 is 0. The van der Waals surface area contributed by atoms with Crippen LogP contribution in [0.2, 0.25) is 0 Å². The second-order valence-electron chi connectivity index (χ2n) is 6.67. The van der Waals surface area contributed by atoms with Crippen LogP contribution in [-0.4, -0.2) is 16.0 Å². The van der Waals surface area contributed by atoms with Crippen LogP contribution in [0.1, 0.15) is 48.8 Å². The molecular weight excluding hydrogens is 320 g/mol. The minimum absolute atomic E-state index is 0.483. The smallest absolute Gasteiger partial charge is 0.139 e. The predicted molar refractivity (Wildman–Crippen MR) is 104 cm³/mol. The molecule has 1 aliphatic carbocycles. The number of nitrogens with zero attached hydrogens (tertiary/aromatic N) is 2. The predicted octanol–water partition coefficient (Wildman–Crippen LogP) is 4.58. The van der Waals surface area contributed by atoms with Crippen LogP contribution in [0.25, 0.3) is 11.0 Å². The first kappa shape index (κ1) is 16.2. The molecule has 1 fully saturated rings. The first-order valence-electron chi connectivity index (χ1n) is 9.09. The van der Waals surface area contributed by atoms with Gasteiger partial charge in [-0.3, -0.25) is 0 Å². The molecule has 4 nitrogen and oxygen atoms in total. The number of aromatic amines is 1. The first-order valence-corrected chi connectivity index (χ1v) is 9.09. The van der Waals surface area contributed by atoms with Crippen LogP contribution in [-0.2, 0) is 0 Å². The van der Waals surface area contributed by atoms with E-state index in [4.69, 9.17) is 0 Å². The van der Waals surface area contributed by atoms with Crippen molar-refractivity contribution in [1.82, 2.24) is 9.97 Å². The zero-order valence-corrected chi connectivity index (χ0v) is 14.5. The molecule has 0 aliphatic heterocycles. The molecule has 0 unspecified atom stereocenters. The fourth-order valence-corrected chi connectivity index (χ4v) is 3.53. The topological polar surface area (TPSA) is 64.5 Å². The number of rotatable bonds is 2. The van der Waals surface area contributed by atoms with Gasteiger partial charge in [-0.2, -0.15) is 5.26 Å². The molecule has 0 saturated heterocycles. The van der Waals surface area contributed by atoms with Gasteiger partial charge < -0.3 is 10.3 Å². The van der Waals surface area contributed by atoms with Crippen LogP contribution in [0.3, 0.4) is 0 Å². The van der Waals surface area contributed by atoms with Crippen molar-refractivity contribution in [3.8, 4) is 17.9 Å². The lowest BCUT2D eigenvalue weighted by Gasteiger charge is -2.24. The van der Waals surface area contributed by atoms with Crippen molar-refractivity contribution >= 4 is 16.7 Å². The van der Waals surface area contributed by atoms with Crippen LogP contribution in [0, 0.1) is 23.2 Å². The SMILES string of the molecule is N#Cc1ccccc1C#Cc1cnc2[nH]ccc2c1NC1CCCCC1. The zero-order chi connectivity index (χ0) is 17.8. The maximum absolute atomic E-state index is 9.25. The number of fused-ring (bicyclic) bond motifs is 1. The average molecular weight is 340 g/mol. The summed E-state index contributed by atoms with van der Waals surface area (Å²) < 4.78 is 0. The van der Waals surface area contributed by atoms with Gasteiger partial charge in [0.25, 0.3) is 0 Å². The van der Waals surface area contributed by atoms with E-state index in [1.165, 1.54) is 32.1 Å². The molecule has 0 bridgehead atoms. The quantitative estimate of drug-likeness (QED) is 0.671. The van der Waals surface area contributed by atoms with Crippen LogP contribution in [0.5, 0.6) is 0 Å². The molecule has 0 spiro atoms. The Morgan fingerprint density at radius 2 is 1.77 bits per heavy atom. The van der Waals surface area contributed by atoms with Gasteiger partial charge in [0.2, 0.25) is 0 Å². The molecule has 2 aromatic heterocycles. The number of nitriles is 1. The Balaban J connectivity index is 1.74. The zero-order valence-electron chi connectivity index (χ0n) is 14.5. The lowest BCUT2D eigenvalue weighted by Crippen LogP contribution is -2.22. The van der Waals surface area contributed by atoms with E-state index >= 15 is 0 Å². The Kier molecular flexibility index (Phi) is 4.58. The molecule has 0 radical (unpaired) electrons. The van der Waals surface area contributed by atoms with Gasteiger partial charge >= 0.3 is 0 Å². The van der Waals surface area contributed by atoms with Crippen molar-refractivity contribution < 1.29 is 0 Å². The van der Waals surface area contributed by atoms with E-state index in [2.05, 4.69) is 33.2 Å². The third-order valence-corrected chi connectivity index (χ3v) is 4.92. The summed E-state index contributed by atoms with van der Waals surface area (Å²) in [4.78, 5) is 7.66. The Hall–Kier alpha value is -3.24. The standard InChI is InChI=1S/C22H20N4/c23-14-17-7-5-4-6-16(17)10-11-18-15-25-22-20(12-13-24-22)21(18)26-19-8-2-1-3-9-19/h4-7,12-13,15,19H,1-3,8-9H2,(H2,24,25,26). The van der Waals surface area contributed by atoms with E-state index in [9.17, 15) is 5.26 Å². The Labute approximate surface area is 153 Å². The molecule has 0 atom stereocenters. The van der Waals surface area contributed by atoms with E-state index in [0.29, 0.717) is 11.6 Å². The van der Waals surface area contributed by atoms with E-state index in [1.807, 2.05) is 36.7 Å². The molecule has 4 heteroatoms. The minimum Gasteiger partial charge on any atom is -0.381 e. The second kappa shape index (κ2) is 7.33. The van der Waals surface area contributed by atoms with Crippen molar-refractivity contribution in [1.29, 1.82) is 5.26 Å². The van der Waals surface area contributed by atoms with Crippen molar-refractivity contribution in [3.05, 3.63) is 59.4 Å². The first-order chi connectivity index (χ1) is 12.8. The van der Waals surface area contributed by atoms with Gasteiger partial charge in [0.15, 0.2) is 0 Å². The normalized spacial score (nSPS) is 14.4. The summed E-state index contributed by atoms with van der Waals surface area (Å²) in [6, 6.07) is 12.1. The van der Waals surface area contributed by atoms with E-state index in [1.54, 1.807) is 6.07 Å². The van der Waals surface area contributed by atoms with Crippen LogP contribution >= 0.6 is 0 Å². The van der Waals surface area contributed by atoms with Gasteiger partial charge in [0, 0.05) is 29.4 Å². The average Bonchev–Trinajstić information content (AvgIpc) is 3.17. The van der Waals surface area contributed by atoms with Gasteiger partial charge in [-0.05, 0) is 31.0 Å². The summed E-state index contributed by atoms with van der Waals surface area (Å²) in [6.07, 6.45) is 9.98. The van der Waals surface area contributed by atoms with Gasteiger partial charge in [-0.25, -0.2) is 4.98 Å². The molecule has 2 N–H and O–H groups in total. The van der Waals surface area contributed by atoms with E-state index in [0.717, 1.165) is 27.8 Å². The molecule has 3 aromatic rings. The van der Waals surface area contributed by atoms with Gasteiger partial charge in [-0.1, -0.05) is 43.2 Å². The number of hydrogen-bond acceptors (Lipinski definition) is 3. The number of hydrogen-bond donors (Lipinski definition) is 2. The Bertz CT molecular complexity index is 1020. The molecule has 4 rings (SSSR count). The van der Waals surface area contributed by atoms with Gasteiger partial charge in [-0.15, -0.1) is 0 Å². The molecule has 0 amide bonds. The monoisotopic (exact) mass is 340 g/mol. The largest absolute Gasteiger partial charge is 0.381 e. The molecule has 128 valence electrons. The third-order valence-electron chi connectivity index (χ3n) is 4.92. The summed E-state index contributed by atoms with van der Waals surface area (Å²) in [5.74, 6) is 6.39. The number of anilines is 1. The highest BCUT2D eigenvalue weighted by atomic mass is 14.9. The Morgan fingerprint density at radius 3 is 2.58 bits per heavy atom. The van der Waals surface area contributed by atoms with Crippen molar-refractivity contribution in [3.63, 3.8) is 0 Å². The van der Waals surface area contributed by atoms with E-state index in [-0.39, 0.29) is 0 Å². The molecule has 26 heavy (non-hydrogen) atoms. The molecular formula is C22H20N4. The highest BCUT2D eigenvalue weighted by molar-refractivity contribution is 5.92. The summed E-state index contributed by atoms with van der Waals surface area (Å²) in [6.45, 7) is 0. The Morgan fingerprint density at radius 1 is 1.00 bits per heavy atom. The van der Waals surface area contributed by atoms with Crippen LogP contribution in [0.15, 0.2) is 42.7 Å². The number of aromatic nitrogens is 2. The minimum atomic E-state index is 0.483. The lowest BCUT2D eigenvalue weighted by molar-refractivity contribution is 0.463. The van der Waals surface area contributed by atoms with Gasteiger partial charge in [0.1, 0.15) is 11.7 Å². The molecule has 2 heterocycles. The van der Waals surface area contributed by atoms with Gasteiger partial charge in [0.05, 0.1) is 16.8 Å². The number of H-pyrrole nitrogens is 1. The maximum atomic E-state index is 9.25. The second-order valence-corrected chi connectivity index (χ2v) is 6.67. The lowest BCUT2D eigenvalue weighted by atomic mass is 9.95. The van der Waals surface area contributed by atoms with Crippen molar-refractivity contribution in [2.45, 2.75) is 38.1 Å². The van der Waals surface area contributed by atoms with E-state index < -0.39 is 0 Å². The fourth-order valence-electron chi connectivity index (χ4n) is 3.53. The summed E-state index contributed by atoms with van der Waals surface area (Å²) in [5.41, 5.74) is 4.12. The summed E-state index contributed by atoms with van der Waals surface area (Å²) in [5, 5.41) is 14.0. The number of benzene rings is 1. The highest BCUT2D eigenvalue weighted by Crippen LogP contribution is 2.29. The van der Waals surface area contributed by atoms with Crippen molar-refractivity contribution in [2.24, 2.45) is 0 Å². The molecule has 1 aromatic carbocycles. The fraction of sp³-hybridized carbons (Fsp3) is 0.273. The number of nitrogens with one attached hydrogen (secondary N) is 2. The third kappa shape index (κ3) is 3.27. The van der Waals surface area contributed by atoms with Crippen LogP contribution in [0.4, 0.5) is 5.69 Å². The maximum Gasteiger partial charge on any atom is 0.139 e. The molecule has 1 saturated carbocycles. The number of pyridine rings is 1. The van der Waals surface area contributed by atoms with Crippen LogP contribution < -0.4 is 5.32 Å².